The fraction of sp³-hybridized carbons (Fsp3) is 0.333. The molecule has 1 aliphatic rings. The van der Waals surface area contributed by atoms with Crippen molar-refractivity contribution >= 4 is 0 Å². The van der Waals surface area contributed by atoms with E-state index in [1.165, 1.54) is 0 Å². The van der Waals surface area contributed by atoms with Crippen LogP contribution in [0.25, 0.3) is 0 Å². The number of aromatic hydroxyl groups is 1. The molecule has 1 unspecified atom stereocenters. The number of hydrogen-bond donors (Lipinski definition) is 1. The van der Waals surface area contributed by atoms with Gasteiger partial charge in [0.25, 0.3) is 0 Å². The largest absolute Gasteiger partial charge is 0.508 e. The van der Waals surface area contributed by atoms with Crippen molar-refractivity contribution < 1.29 is 19.3 Å². The highest BCUT2D eigenvalue weighted by Crippen LogP contribution is 2.43. The monoisotopic (exact) mass is 300 g/mol. The van der Waals surface area contributed by atoms with Gasteiger partial charge in [0.1, 0.15) is 5.75 Å². The first-order valence-electron chi connectivity index (χ1n) is 7.36. The van der Waals surface area contributed by atoms with Crippen LogP contribution in [0.2, 0.25) is 0 Å². The summed E-state index contributed by atoms with van der Waals surface area (Å²) in [5.74, 6) is 2.82. The second kappa shape index (κ2) is 6.18. The summed E-state index contributed by atoms with van der Waals surface area (Å²) in [5, 5.41) is 9.56. The number of methoxy groups -OCH3 is 2. The number of phenolic OH excluding ortho intramolecular Hbond substituents is 1. The average Bonchev–Trinajstić information content (AvgIpc) is 2.53. The van der Waals surface area contributed by atoms with Crippen LogP contribution >= 0.6 is 0 Å². The van der Waals surface area contributed by atoms with Crippen LogP contribution in [0.3, 0.4) is 0 Å². The molecule has 0 saturated carbocycles. The Morgan fingerprint density at radius 3 is 2.77 bits per heavy atom. The molecule has 1 aliphatic heterocycles. The predicted molar refractivity (Wildman–Crippen MR) is 84.0 cm³/mol. The van der Waals surface area contributed by atoms with E-state index in [9.17, 15) is 5.11 Å². The third kappa shape index (κ3) is 2.82. The molecular formula is C18H20O4. The van der Waals surface area contributed by atoms with Crippen molar-refractivity contribution in [3.05, 3.63) is 47.5 Å². The van der Waals surface area contributed by atoms with Crippen LogP contribution in [-0.4, -0.2) is 25.9 Å². The number of benzene rings is 2. The zero-order valence-electron chi connectivity index (χ0n) is 12.8. The van der Waals surface area contributed by atoms with Gasteiger partial charge in [-0.2, -0.15) is 0 Å². The normalized spacial score (nSPS) is 16.5. The van der Waals surface area contributed by atoms with Gasteiger partial charge in [-0.25, -0.2) is 0 Å². The van der Waals surface area contributed by atoms with E-state index in [1.54, 1.807) is 20.3 Å². The minimum absolute atomic E-state index is 0.307. The molecule has 116 valence electrons. The van der Waals surface area contributed by atoms with Gasteiger partial charge in [0.2, 0.25) is 5.75 Å². The highest BCUT2D eigenvalue weighted by atomic mass is 16.5. The fourth-order valence-corrected chi connectivity index (χ4v) is 2.98. The zero-order valence-corrected chi connectivity index (χ0v) is 12.8. The molecule has 0 fully saturated rings. The van der Waals surface area contributed by atoms with Crippen LogP contribution in [0.1, 0.15) is 11.1 Å². The lowest BCUT2D eigenvalue weighted by Crippen LogP contribution is -2.23. The number of ether oxygens (including phenoxy) is 3. The molecule has 1 N–H and O–H groups in total. The lowest BCUT2D eigenvalue weighted by molar-refractivity contribution is 0.208. The van der Waals surface area contributed by atoms with Crippen LogP contribution in [0.4, 0.5) is 0 Å². The van der Waals surface area contributed by atoms with Crippen molar-refractivity contribution in [2.45, 2.75) is 12.8 Å². The third-order valence-corrected chi connectivity index (χ3v) is 3.99. The number of hydrogen-bond acceptors (Lipinski definition) is 4. The molecule has 0 radical (unpaired) electrons. The van der Waals surface area contributed by atoms with Crippen LogP contribution in [0.5, 0.6) is 23.0 Å². The van der Waals surface area contributed by atoms with Gasteiger partial charge in [-0.05, 0) is 42.2 Å². The first-order valence-corrected chi connectivity index (χ1v) is 7.36. The molecule has 22 heavy (non-hydrogen) atoms. The van der Waals surface area contributed by atoms with Gasteiger partial charge in [-0.1, -0.05) is 18.2 Å². The molecule has 3 rings (SSSR count). The van der Waals surface area contributed by atoms with E-state index in [4.69, 9.17) is 14.2 Å². The van der Waals surface area contributed by atoms with Crippen molar-refractivity contribution in [3.63, 3.8) is 0 Å². The standard InChI is InChI=1S/C18H20O4/c1-20-16-7-6-14-9-13(11-22-17(14)18(16)21-2)8-12-4-3-5-15(19)10-12/h3-7,10,13,19H,8-9,11H2,1-2H3. The van der Waals surface area contributed by atoms with E-state index in [0.29, 0.717) is 29.8 Å². The summed E-state index contributed by atoms with van der Waals surface area (Å²) >= 11 is 0. The third-order valence-electron chi connectivity index (χ3n) is 3.99. The molecular weight excluding hydrogens is 280 g/mol. The number of rotatable bonds is 4. The second-order valence-corrected chi connectivity index (χ2v) is 5.54. The first-order chi connectivity index (χ1) is 10.7. The molecule has 4 heteroatoms. The summed E-state index contributed by atoms with van der Waals surface area (Å²) < 4.78 is 16.7. The van der Waals surface area contributed by atoms with Crippen molar-refractivity contribution in [1.82, 2.24) is 0 Å². The van der Waals surface area contributed by atoms with E-state index < -0.39 is 0 Å². The molecule has 0 spiro atoms. The lowest BCUT2D eigenvalue weighted by atomic mass is 9.90. The molecule has 1 atom stereocenters. The summed E-state index contributed by atoms with van der Waals surface area (Å²) in [7, 11) is 3.25. The maximum absolute atomic E-state index is 9.56. The highest BCUT2D eigenvalue weighted by molar-refractivity contribution is 5.56. The van der Waals surface area contributed by atoms with Gasteiger partial charge < -0.3 is 19.3 Å². The number of fused-ring (bicyclic) bond motifs is 1. The van der Waals surface area contributed by atoms with E-state index in [-0.39, 0.29) is 0 Å². The lowest BCUT2D eigenvalue weighted by Gasteiger charge is -2.27. The molecule has 0 amide bonds. The Hall–Kier alpha value is -2.36. The minimum atomic E-state index is 0.307. The Labute approximate surface area is 130 Å². The summed E-state index contributed by atoms with van der Waals surface area (Å²) in [6.45, 7) is 0.631. The summed E-state index contributed by atoms with van der Waals surface area (Å²) in [6.07, 6.45) is 1.80. The van der Waals surface area contributed by atoms with Gasteiger partial charge in [0.05, 0.1) is 20.8 Å². The van der Waals surface area contributed by atoms with Crippen molar-refractivity contribution in [2.75, 3.05) is 20.8 Å². The molecule has 1 heterocycles. The smallest absolute Gasteiger partial charge is 0.203 e. The van der Waals surface area contributed by atoms with Gasteiger partial charge >= 0.3 is 0 Å². The SMILES string of the molecule is COc1ccc2c(c1OC)OCC(Cc1cccc(O)c1)C2. The molecule has 4 nitrogen and oxygen atoms in total. The molecule has 2 aromatic rings. The van der Waals surface area contributed by atoms with Gasteiger partial charge in [0.15, 0.2) is 11.5 Å². The van der Waals surface area contributed by atoms with Gasteiger partial charge in [-0.15, -0.1) is 0 Å². The molecule has 0 aliphatic carbocycles. The first kappa shape index (κ1) is 14.6. The summed E-state index contributed by atoms with van der Waals surface area (Å²) in [5.41, 5.74) is 2.26. The Bertz CT molecular complexity index is 666. The van der Waals surface area contributed by atoms with Gasteiger partial charge in [-0.3, -0.25) is 0 Å². The molecule has 0 bridgehead atoms. The molecule has 0 saturated heterocycles. The average molecular weight is 300 g/mol. The maximum Gasteiger partial charge on any atom is 0.203 e. The van der Waals surface area contributed by atoms with E-state index in [0.717, 1.165) is 29.7 Å². The minimum Gasteiger partial charge on any atom is -0.508 e. The highest BCUT2D eigenvalue weighted by Gasteiger charge is 2.25. The van der Waals surface area contributed by atoms with Gasteiger partial charge in [0, 0.05) is 5.92 Å². The Morgan fingerprint density at radius 2 is 2.05 bits per heavy atom. The molecule has 2 aromatic carbocycles. The Balaban J connectivity index is 1.79. The predicted octanol–water partition coefficient (Wildman–Crippen LogP) is 3.20. The quantitative estimate of drug-likeness (QED) is 0.942. The van der Waals surface area contributed by atoms with Crippen molar-refractivity contribution in [1.29, 1.82) is 0 Å². The summed E-state index contributed by atoms with van der Waals surface area (Å²) in [4.78, 5) is 0. The zero-order chi connectivity index (χ0) is 15.5. The Kier molecular flexibility index (Phi) is 4.09. The topological polar surface area (TPSA) is 47.9 Å². The molecule has 0 aromatic heterocycles. The Morgan fingerprint density at radius 1 is 1.18 bits per heavy atom. The van der Waals surface area contributed by atoms with Crippen LogP contribution in [-0.2, 0) is 12.8 Å². The summed E-state index contributed by atoms with van der Waals surface area (Å²) in [6, 6.07) is 11.3. The van der Waals surface area contributed by atoms with E-state index in [2.05, 4.69) is 0 Å². The number of phenols is 1. The maximum atomic E-state index is 9.56. The fourth-order valence-electron chi connectivity index (χ4n) is 2.98. The van der Waals surface area contributed by atoms with Crippen LogP contribution < -0.4 is 14.2 Å². The van der Waals surface area contributed by atoms with Crippen LogP contribution in [0, 0.1) is 5.92 Å². The van der Waals surface area contributed by atoms with E-state index >= 15 is 0 Å². The van der Waals surface area contributed by atoms with Crippen molar-refractivity contribution in [3.8, 4) is 23.0 Å². The van der Waals surface area contributed by atoms with Crippen LogP contribution in [0.15, 0.2) is 36.4 Å². The van der Waals surface area contributed by atoms with Crippen molar-refractivity contribution in [2.24, 2.45) is 5.92 Å². The van der Waals surface area contributed by atoms with E-state index in [1.807, 2.05) is 30.3 Å². The second-order valence-electron chi connectivity index (χ2n) is 5.54.